The fraction of sp³-hybridized carbons (Fsp3) is 0.167. The fourth-order valence-corrected chi connectivity index (χ4v) is 2.18. The van der Waals surface area contributed by atoms with Crippen LogP contribution in [-0.4, -0.2) is 11.3 Å². The van der Waals surface area contributed by atoms with Gasteiger partial charge in [0.25, 0.3) is 0 Å². The molecule has 2 nitrogen and oxygen atoms in total. The number of rotatable bonds is 4. The highest BCUT2D eigenvalue weighted by atomic mass is 32.1. The van der Waals surface area contributed by atoms with Crippen LogP contribution in [-0.2, 0) is 11.2 Å². The van der Waals surface area contributed by atoms with E-state index in [1.165, 1.54) is 23.5 Å². The first-order valence-corrected chi connectivity index (χ1v) is 5.76. The molecule has 0 aliphatic rings. The number of aldehydes is 1. The third-order valence-electron chi connectivity index (χ3n) is 2.30. The van der Waals surface area contributed by atoms with Crippen molar-refractivity contribution in [1.82, 2.24) is 4.98 Å². The number of carbonyl (C=O) groups is 1. The Kier molecular flexibility index (Phi) is 3.41. The number of hydrogen-bond acceptors (Lipinski definition) is 3. The van der Waals surface area contributed by atoms with Crippen LogP contribution >= 0.6 is 11.3 Å². The molecule has 1 aromatic carbocycles. The topological polar surface area (TPSA) is 30.0 Å². The molecule has 0 spiro atoms. The monoisotopic (exact) mass is 235 g/mol. The van der Waals surface area contributed by atoms with E-state index in [0.29, 0.717) is 6.42 Å². The van der Waals surface area contributed by atoms with Gasteiger partial charge in [-0.3, -0.25) is 0 Å². The van der Waals surface area contributed by atoms with Crippen molar-refractivity contribution in [2.75, 3.05) is 0 Å². The summed E-state index contributed by atoms with van der Waals surface area (Å²) < 4.78 is 12.7. The zero-order valence-electron chi connectivity index (χ0n) is 8.47. The maximum atomic E-state index is 12.7. The molecule has 82 valence electrons. The van der Waals surface area contributed by atoms with E-state index < -0.39 is 0 Å². The van der Waals surface area contributed by atoms with Gasteiger partial charge in [0.1, 0.15) is 17.1 Å². The van der Waals surface area contributed by atoms with Gasteiger partial charge in [-0.1, -0.05) is 12.1 Å². The maximum Gasteiger partial charge on any atom is 0.130 e. The molecule has 1 aromatic heterocycles. The molecule has 16 heavy (non-hydrogen) atoms. The number of hydrogen-bond donors (Lipinski definition) is 0. The molecule has 1 unspecified atom stereocenters. The van der Waals surface area contributed by atoms with Gasteiger partial charge in [0.2, 0.25) is 0 Å². The average molecular weight is 235 g/mol. The van der Waals surface area contributed by atoms with E-state index in [1.807, 2.05) is 5.38 Å². The number of carbonyl (C=O) groups excluding carboxylic acids is 1. The van der Waals surface area contributed by atoms with Gasteiger partial charge < -0.3 is 4.79 Å². The Hall–Kier alpha value is -1.55. The SMILES string of the molecule is O=CC(Cc1ccc(F)cc1)c1nccs1. The van der Waals surface area contributed by atoms with E-state index in [0.717, 1.165) is 16.9 Å². The summed E-state index contributed by atoms with van der Waals surface area (Å²) in [6.07, 6.45) is 3.14. The lowest BCUT2D eigenvalue weighted by molar-refractivity contribution is -0.109. The van der Waals surface area contributed by atoms with Crippen LogP contribution in [0.4, 0.5) is 4.39 Å². The summed E-state index contributed by atoms with van der Waals surface area (Å²) in [7, 11) is 0. The summed E-state index contributed by atoms with van der Waals surface area (Å²) >= 11 is 1.46. The van der Waals surface area contributed by atoms with Gasteiger partial charge in [0.15, 0.2) is 0 Å². The minimum Gasteiger partial charge on any atom is -0.303 e. The lowest BCUT2D eigenvalue weighted by Crippen LogP contribution is -2.03. The molecule has 0 N–H and O–H groups in total. The first kappa shape index (κ1) is 11.0. The van der Waals surface area contributed by atoms with E-state index in [-0.39, 0.29) is 11.7 Å². The number of aromatic nitrogens is 1. The van der Waals surface area contributed by atoms with Gasteiger partial charge >= 0.3 is 0 Å². The standard InChI is InChI=1S/C12H10FNOS/c13-11-3-1-9(2-4-11)7-10(8-15)12-14-5-6-16-12/h1-6,8,10H,7H2. The van der Waals surface area contributed by atoms with Crippen LogP contribution < -0.4 is 0 Å². The quantitative estimate of drug-likeness (QED) is 0.763. The summed E-state index contributed by atoms with van der Waals surface area (Å²) in [5.74, 6) is -0.494. The van der Waals surface area contributed by atoms with Crippen LogP contribution in [0.1, 0.15) is 16.5 Å². The van der Waals surface area contributed by atoms with E-state index >= 15 is 0 Å². The molecular formula is C12H10FNOS. The average Bonchev–Trinajstić information content (AvgIpc) is 2.82. The molecular weight excluding hydrogens is 225 g/mol. The van der Waals surface area contributed by atoms with Gasteiger partial charge in [-0.15, -0.1) is 11.3 Å². The van der Waals surface area contributed by atoms with Crippen LogP contribution in [0.5, 0.6) is 0 Å². The lowest BCUT2D eigenvalue weighted by atomic mass is 10.0. The highest BCUT2D eigenvalue weighted by Gasteiger charge is 2.13. The van der Waals surface area contributed by atoms with Gasteiger partial charge in [-0.25, -0.2) is 9.37 Å². The summed E-state index contributed by atoms with van der Waals surface area (Å²) in [6.45, 7) is 0. The predicted octanol–water partition coefficient (Wildman–Crippen LogP) is 2.81. The largest absolute Gasteiger partial charge is 0.303 e. The Balaban J connectivity index is 2.13. The Morgan fingerprint density at radius 1 is 1.38 bits per heavy atom. The van der Waals surface area contributed by atoms with Crippen molar-refractivity contribution < 1.29 is 9.18 Å². The Morgan fingerprint density at radius 3 is 2.69 bits per heavy atom. The first-order chi connectivity index (χ1) is 7.79. The summed E-state index contributed by atoms with van der Waals surface area (Å²) in [4.78, 5) is 15.1. The number of halogens is 1. The number of thiazole rings is 1. The molecule has 0 saturated heterocycles. The van der Waals surface area contributed by atoms with Gasteiger partial charge in [0.05, 0.1) is 5.92 Å². The second-order valence-electron chi connectivity index (χ2n) is 3.44. The summed E-state index contributed by atoms with van der Waals surface area (Å²) in [5.41, 5.74) is 0.939. The normalized spacial score (nSPS) is 12.3. The van der Waals surface area contributed by atoms with E-state index in [9.17, 15) is 9.18 Å². The highest BCUT2D eigenvalue weighted by Crippen LogP contribution is 2.21. The minimum atomic E-state index is -0.263. The van der Waals surface area contributed by atoms with Crippen LogP contribution in [0.2, 0.25) is 0 Å². The predicted molar refractivity (Wildman–Crippen MR) is 61.0 cm³/mol. The summed E-state index contributed by atoms with van der Waals surface area (Å²) in [5, 5.41) is 2.65. The molecule has 2 aromatic rings. The molecule has 0 radical (unpaired) electrons. The van der Waals surface area contributed by atoms with Crippen molar-refractivity contribution in [1.29, 1.82) is 0 Å². The van der Waals surface area contributed by atoms with Crippen LogP contribution in [0, 0.1) is 5.82 Å². The van der Waals surface area contributed by atoms with Crippen LogP contribution in [0.25, 0.3) is 0 Å². The zero-order chi connectivity index (χ0) is 11.4. The third kappa shape index (κ3) is 2.52. The second-order valence-corrected chi connectivity index (χ2v) is 4.37. The van der Waals surface area contributed by atoms with Crippen LogP contribution in [0.3, 0.4) is 0 Å². The van der Waals surface area contributed by atoms with Crippen molar-refractivity contribution in [3.63, 3.8) is 0 Å². The smallest absolute Gasteiger partial charge is 0.130 e. The molecule has 0 aliphatic heterocycles. The highest BCUT2D eigenvalue weighted by molar-refractivity contribution is 7.09. The Morgan fingerprint density at radius 2 is 2.12 bits per heavy atom. The first-order valence-electron chi connectivity index (χ1n) is 4.88. The van der Waals surface area contributed by atoms with Gasteiger partial charge in [-0.05, 0) is 24.1 Å². The van der Waals surface area contributed by atoms with Gasteiger partial charge in [0, 0.05) is 11.6 Å². The van der Waals surface area contributed by atoms with Gasteiger partial charge in [-0.2, -0.15) is 0 Å². The molecule has 1 atom stereocenters. The lowest BCUT2D eigenvalue weighted by Gasteiger charge is -2.06. The maximum absolute atomic E-state index is 12.7. The Labute approximate surface area is 96.8 Å². The van der Waals surface area contributed by atoms with Crippen LogP contribution in [0.15, 0.2) is 35.8 Å². The molecule has 0 amide bonds. The molecule has 4 heteroatoms. The second kappa shape index (κ2) is 4.99. The van der Waals surface area contributed by atoms with Crippen molar-refractivity contribution in [3.05, 3.63) is 52.2 Å². The van der Waals surface area contributed by atoms with E-state index in [1.54, 1.807) is 18.3 Å². The summed E-state index contributed by atoms with van der Waals surface area (Å²) in [6, 6.07) is 6.19. The van der Waals surface area contributed by atoms with E-state index in [4.69, 9.17) is 0 Å². The molecule has 1 heterocycles. The fourth-order valence-electron chi connectivity index (χ4n) is 1.49. The molecule has 0 aliphatic carbocycles. The number of nitrogens with zero attached hydrogens (tertiary/aromatic N) is 1. The molecule has 0 saturated carbocycles. The molecule has 0 fully saturated rings. The molecule has 2 rings (SSSR count). The Bertz CT molecular complexity index is 452. The van der Waals surface area contributed by atoms with Crippen molar-refractivity contribution >= 4 is 17.6 Å². The number of benzene rings is 1. The minimum absolute atomic E-state index is 0.231. The molecule has 0 bridgehead atoms. The van der Waals surface area contributed by atoms with E-state index in [2.05, 4.69) is 4.98 Å². The zero-order valence-corrected chi connectivity index (χ0v) is 9.28. The van der Waals surface area contributed by atoms with Crippen molar-refractivity contribution in [3.8, 4) is 0 Å². The third-order valence-corrected chi connectivity index (χ3v) is 3.21. The van der Waals surface area contributed by atoms with Crippen molar-refractivity contribution in [2.45, 2.75) is 12.3 Å². The van der Waals surface area contributed by atoms with Crippen molar-refractivity contribution in [2.24, 2.45) is 0 Å².